The SMILES string of the molecule is Cc1ccc(N2CC(CCNC(C)c3cccc4ccccc34)Oc3cc(F)ccc32)cc1C(F)(F)F. The quantitative estimate of drug-likeness (QED) is 0.268. The number of ether oxygens (including phenoxy) is 1. The molecule has 0 spiro atoms. The molecule has 0 bridgehead atoms. The van der Waals surface area contributed by atoms with Crippen LogP contribution < -0.4 is 15.0 Å². The Morgan fingerprint density at radius 2 is 1.78 bits per heavy atom. The fourth-order valence-electron chi connectivity index (χ4n) is 5.00. The molecule has 192 valence electrons. The number of fused-ring (bicyclic) bond motifs is 2. The first-order chi connectivity index (χ1) is 17.7. The second-order valence-corrected chi connectivity index (χ2v) is 9.49. The van der Waals surface area contributed by atoms with Crippen LogP contribution >= 0.6 is 0 Å². The summed E-state index contributed by atoms with van der Waals surface area (Å²) in [6.45, 7) is 4.52. The van der Waals surface area contributed by atoms with Crippen LogP contribution in [0.4, 0.5) is 28.9 Å². The number of halogens is 4. The molecule has 3 nitrogen and oxygen atoms in total. The molecule has 0 saturated heterocycles. The van der Waals surface area contributed by atoms with Gasteiger partial charge in [-0.3, -0.25) is 0 Å². The minimum Gasteiger partial charge on any atom is -0.486 e. The molecule has 0 amide bonds. The fourth-order valence-corrected chi connectivity index (χ4v) is 5.00. The van der Waals surface area contributed by atoms with E-state index in [1.54, 1.807) is 17.0 Å². The van der Waals surface area contributed by atoms with Crippen molar-refractivity contribution >= 4 is 22.1 Å². The molecular formula is C30H28F4N2O. The third-order valence-electron chi connectivity index (χ3n) is 6.94. The highest BCUT2D eigenvalue weighted by Crippen LogP contribution is 2.41. The maximum absolute atomic E-state index is 14.0. The van der Waals surface area contributed by atoms with Crippen molar-refractivity contribution in [3.63, 3.8) is 0 Å². The molecule has 0 fully saturated rings. The van der Waals surface area contributed by atoms with E-state index in [-0.39, 0.29) is 17.7 Å². The number of hydrogen-bond donors (Lipinski definition) is 1. The van der Waals surface area contributed by atoms with Gasteiger partial charge in [0, 0.05) is 17.8 Å². The Bertz CT molecular complexity index is 1410. The van der Waals surface area contributed by atoms with Crippen LogP contribution in [-0.2, 0) is 6.18 Å². The average Bonchev–Trinajstić information content (AvgIpc) is 2.87. The molecule has 1 aliphatic heterocycles. The molecule has 2 unspecified atom stereocenters. The molecule has 0 aromatic heterocycles. The summed E-state index contributed by atoms with van der Waals surface area (Å²) in [4.78, 5) is 1.78. The Balaban J connectivity index is 1.35. The summed E-state index contributed by atoms with van der Waals surface area (Å²) >= 11 is 0. The monoisotopic (exact) mass is 508 g/mol. The van der Waals surface area contributed by atoms with Gasteiger partial charge >= 0.3 is 6.18 Å². The zero-order chi connectivity index (χ0) is 26.2. The van der Waals surface area contributed by atoms with E-state index in [1.807, 2.05) is 18.2 Å². The van der Waals surface area contributed by atoms with E-state index in [2.05, 4.69) is 36.5 Å². The van der Waals surface area contributed by atoms with Gasteiger partial charge in [0.2, 0.25) is 0 Å². The zero-order valence-corrected chi connectivity index (χ0v) is 20.6. The van der Waals surface area contributed by atoms with Crippen molar-refractivity contribution in [1.82, 2.24) is 5.32 Å². The average molecular weight is 509 g/mol. The highest BCUT2D eigenvalue weighted by molar-refractivity contribution is 5.86. The summed E-state index contributed by atoms with van der Waals surface area (Å²) < 4.78 is 60.9. The number of alkyl halides is 3. The summed E-state index contributed by atoms with van der Waals surface area (Å²) in [7, 11) is 0. The van der Waals surface area contributed by atoms with Crippen LogP contribution in [-0.4, -0.2) is 19.2 Å². The van der Waals surface area contributed by atoms with Crippen LogP contribution in [0.25, 0.3) is 10.8 Å². The predicted molar refractivity (Wildman–Crippen MR) is 139 cm³/mol. The molecule has 1 aliphatic rings. The van der Waals surface area contributed by atoms with Crippen molar-refractivity contribution in [3.8, 4) is 5.75 Å². The molecule has 1 heterocycles. The first-order valence-electron chi connectivity index (χ1n) is 12.3. The van der Waals surface area contributed by atoms with Gasteiger partial charge in [-0.1, -0.05) is 48.5 Å². The Labute approximate surface area is 213 Å². The van der Waals surface area contributed by atoms with Gasteiger partial charge in [-0.2, -0.15) is 13.2 Å². The van der Waals surface area contributed by atoms with E-state index in [0.717, 1.165) is 6.07 Å². The van der Waals surface area contributed by atoms with Gasteiger partial charge in [-0.25, -0.2) is 4.39 Å². The molecular weight excluding hydrogens is 480 g/mol. The van der Waals surface area contributed by atoms with E-state index < -0.39 is 17.6 Å². The molecule has 5 rings (SSSR count). The third-order valence-corrected chi connectivity index (χ3v) is 6.94. The van der Waals surface area contributed by atoms with Crippen LogP contribution in [0.15, 0.2) is 78.9 Å². The van der Waals surface area contributed by atoms with Gasteiger partial charge in [0.1, 0.15) is 17.7 Å². The number of anilines is 2. The first-order valence-corrected chi connectivity index (χ1v) is 12.3. The molecule has 0 aliphatic carbocycles. The maximum atomic E-state index is 14.0. The van der Waals surface area contributed by atoms with Gasteiger partial charge in [-0.05, 0) is 73.0 Å². The van der Waals surface area contributed by atoms with Gasteiger partial charge in [0.25, 0.3) is 0 Å². The predicted octanol–water partition coefficient (Wildman–Crippen LogP) is 7.95. The molecule has 37 heavy (non-hydrogen) atoms. The topological polar surface area (TPSA) is 24.5 Å². The Morgan fingerprint density at radius 3 is 2.59 bits per heavy atom. The summed E-state index contributed by atoms with van der Waals surface area (Å²) in [6, 6.07) is 23.0. The lowest BCUT2D eigenvalue weighted by Crippen LogP contribution is -2.39. The largest absolute Gasteiger partial charge is 0.486 e. The van der Waals surface area contributed by atoms with Crippen molar-refractivity contribution in [2.75, 3.05) is 18.0 Å². The fraction of sp³-hybridized carbons (Fsp3) is 0.267. The molecule has 4 aromatic carbocycles. The Morgan fingerprint density at radius 1 is 1.00 bits per heavy atom. The normalized spacial score (nSPS) is 16.4. The lowest BCUT2D eigenvalue weighted by atomic mass is 9.99. The van der Waals surface area contributed by atoms with E-state index in [1.165, 1.54) is 41.5 Å². The summed E-state index contributed by atoms with van der Waals surface area (Å²) in [5.74, 6) is -0.130. The van der Waals surface area contributed by atoms with E-state index in [4.69, 9.17) is 4.74 Å². The Hall–Kier alpha value is -3.58. The van der Waals surface area contributed by atoms with Crippen LogP contribution in [0, 0.1) is 12.7 Å². The number of rotatable bonds is 6. The third kappa shape index (κ3) is 5.27. The van der Waals surface area contributed by atoms with Crippen molar-refractivity contribution < 1.29 is 22.3 Å². The second-order valence-electron chi connectivity index (χ2n) is 9.49. The second kappa shape index (κ2) is 10.1. The number of hydrogen-bond acceptors (Lipinski definition) is 3. The van der Waals surface area contributed by atoms with E-state index >= 15 is 0 Å². The molecule has 7 heteroatoms. The molecule has 0 saturated carbocycles. The smallest absolute Gasteiger partial charge is 0.416 e. The highest BCUT2D eigenvalue weighted by Gasteiger charge is 2.34. The minimum atomic E-state index is -4.46. The van der Waals surface area contributed by atoms with Crippen LogP contribution in [0.1, 0.15) is 36.1 Å². The lowest BCUT2D eigenvalue weighted by Gasteiger charge is -2.37. The number of nitrogens with zero attached hydrogens (tertiary/aromatic N) is 1. The van der Waals surface area contributed by atoms with Gasteiger partial charge in [0.05, 0.1) is 17.8 Å². The van der Waals surface area contributed by atoms with Crippen molar-refractivity contribution in [3.05, 3.63) is 101 Å². The first kappa shape index (κ1) is 25.1. The minimum absolute atomic E-state index is 0.0852. The molecule has 2 atom stereocenters. The Kier molecular flexibility index (Phi) is 6.82. The zero-order valence-electron chi connectivity index (χ0n) is 20.6. The van der Waals surface area contributed by atoms with Gasteiger partial charge in [-0.15, -0.1) is 0 Å². The van der Waals surface area contributed by atoms with Crippen LogP contribution in [0.3, 0.4) is 0 Å². The van der Waals surface area contributed by atoms with Crippen LogP contribution in [0.5, 0.6) is 5.75 Å². The van der Waals surface area contributed by atoms with Crippen molar-refractivity contribution in [2.45, 2.75) is 38.6 Å². The van der Waals surface area contributed by atoms with E-state index in [9.17, 15) is 17.6 Å². The summed E-state index contributed by atoms with van der Waals surface area (Å²) in [5.41, 5.74) is 1.62. The highest BCUT2D eigenvalue weighted by atomic mass is 19.4. The number of aryl methyl sites for hydroxylation is 1. The molecule has 1 N–H and O–H groups in total. The molecule has 0 radical (unpaired) electrons. The van der Waals surface area contributed by atoms with Gasteiger partial charge in [0.15, 0.2) is 0 Å². The molecule has 4 aromatic rings. The lowest BCUT2D eigenvalue weighted by molar-refractivity contribution is -0.138. The van der Waals surface area contributed by atoms with Gasteiger partial charge < -0.3 is 15.0 Å². The van der Waals surface area contributed by atoms with Crippen molar-refractivity contribution in [1.29, 1.82) is 0 Å². The van der Waals surface area contributed by atoms with Crippen LogP contribution in [0.2, 0.25) is 0 Å². The summed E-state index contributed by atoms with van der Waals surface area (Å²) in [5, 5.41) is 5.91. The standard InChI is InChI=1S/C30H28F4N2O/c1-19-10-12-23(17-27(19)30(32,33)34)36-18-24(37-29-16-22(31)11-13-28(29)36)14-15-35-20(2)25-9-5-7-21-6-3-4-8-26(21)25/h3-13,16-17,20,24,35H,14-15,18H2,1-2H3. The number of benzene rings is 4. The maximum Gasteiger partial charge on any atom is 0.416 e. The van der Waals surface area contributed by atoms with E-state index in [0.29, 0.717) is 36.6 Å². The number of nitrogens with one attached hydrogen (secondary N) is 1. The summed E-state index contributed by atoms with van der Waals surface area (Å²) in [6.07, 6.45) is -4.20. The van der Waals surface area contributed by atoms with Crippen molar-refractivity contribution in [2.24, 2.45) is 0 Å².